The van der Waals surface area contributed by atoms with Crippen LogP contribution in [-0.4, -0.2) is 32.4 Å². The van der Waals surface area contributed by atoms with Gasteiger partial charge in [-0.25, -0.2) is 4.98 Å². The van der Waals surface area contributed by atoms with Crippen molar-refractivity contribution in [2.75, 3.05) is 0 Å². The Balaban J connectivity index is 1.69. The second-order valence-electron chi connectivity index (χ2n) is 7.42. The van der Waals surface area contributed by atoms with E-state index in [1.54, 1.807) is 36.5 Å². The quantitative estimate of drug-likeness (QED) is 0.681. The lowest BCUT2D eigenvalue weighted by molar-refractivity contribution is -0.142. The molecule has 0 aliphatic heterocycles. The van der Waals surface area contributed by atoms with Crippen LogP contribution in [0.25, 0.3) is 16.6 Å². The van der Waals surface area contributed by atoms with Gasteiger partial charge in [-0.1, -0.05) is 12.1 Å². The number of carbonyl (C=O) groups is 2. The van der Waals surface area contributed by atoms with Gasteiger partial charge < -0.3 is 10.4 Å². The zero-order valence-electron chi connectivity index (χ0n) is 15.5. The summed E-state index contributed by atoms with van der Waals surface area (Å²) in [5.41, 5.74) is 1.80. The summed E-state index contributed by atoms with van der Waals surface area (Å²) in [5, 5.41) is 12.6. The maximum atomic E-state index is 13.0. The number of hydrogen-bond acceptors (Lipinski definition) is 4. The van der Waals surface area contributed by atoms with E-state index in [0.717, 1.165) is 5.56 Å². The minimum absolute atomic E-state index is 0.0733. The Labute approximate surface area is 161 Å². The second kappa shape index (κ2) is 7.07. The Bertz CT molecular complexity index is 1140. The van der Waals surface area contributed by atoms with E-state index in [0.29, 0.717) is 47.8 Å². The van der Waals surface area contributed by atoms with Gasteiger partial charge in [0.25, 0.3) is 11.5 Å². The number of nitrogens with zero attached hydrogens (tertiary/aromatic N) is 2. The van der Waals surface area contributed by atoms with Crippen molar-refractivity contribution in [3.63, 3.8) is 0 Å². The van der Waals surface area contributed by atoms with Gasteiger partial charge >= 0.3 is 5.97 Å². The van der Waals surface area contributed by atoms with E-state index >= 15 is 0 Å². The molecule has 3 aromatic rings. The van der Waals surface area contributed by atoms with Crippen molar-refractivity contribution >= 4 is 28.4 Å². The van der Waals surface area contributed by atoms with Crippen LogP contribution in [-0.2, 0) is 4.79 Å². The SMILES string of the molecule is Cc1cc(C(=O)N[C@H]2CC[C@H](C(=O)O)CC2)c2nc3ccccc3c(=O)n2c1. The van der Waals surface area contributed by atoms with Crippen LogP contribution in [0, 0.1) is 12.8 Å². The van der Waals surface area contributed by atoms with Crippen molar-refractivity contribution in [2.45, 2.75) is 38.6 Å². The molecule has 1 aromatic carbocycles. The second-order valence-corrected chi connectivity index (χ2v) is 7.42. The summed E-state index contributed by atoms with van der Waals surface area (Å²) in [4.78, 5) is 41.5. The zero-order chi connectivity index (χ0) is 19.8. The van der Waals surface area contributed by atoms with Gasteiger partial charge in [0, 0.05) is 12.2 Å². The van der Waals surface area contributed by atoms with Gasteiger partial charge in [0.1, 0.15) is 0 Å². The molecule has 0 saturated heterocycles. The molecule has 7 nitrogen and oxygen atoms in total. The fraction of sp³-hybridized carbons (Fsp3) is 0.333. The molecule has 1 amide bonds. The number of carboxylic acids is 1. The maximum Gasteiger partial charge on any atom is 0.306 e. The van der Waals surface area contributed by atoms with Crippen molar-refractivity contribution in [2.24, 2.45) is 5.92 Å². The normalized spacial score (nSPS) is 19.6. The predicted octanol–water partition coefficient (Wildman–Crippen LogP) is 2.53. The topological polar surface area (TPSA) is 101 Å². The number of aryl methyl sites for hydroxylation is 1. The summed E-state index contributed by atoms with van der Waals surface area (Å²) in [5.74, 6) is -1.40. The van der Waals surface area contributed by atoms with Crippen LogP contribution < -0.4 is 10.9 Å². The first kappa shape index (κ1) is 18.2. The van der Waals surface area contributed by atoms with E-state index in [1.165, 1.54) is 4.40 Å². The Morgan fingerprint density at radius 2 is 1.89 bits per heavy atom. The predicted molar refractivity (Wildman–Crippen MR) is 105 cm³/mol. The van der Waals surface area contributed by atoms with Crippen LogP contribution in [0.5, 0.6) is 0 Å². The van der Waals surface area contributed by atoms with Crippen LogP contribution in [0.1, 0.15) is 41.6 Å². The number of carbonyl (C=O) groups excluding carboxylic acids is 1. The van der Waals surface area contributed by atoms with E-state index in [9.17, 15) is 14.4 Å². The smallest absolute Gasteiger partial charge is 0.306 e. The van der Waals surface area contributed by atoms with E-state index in [-0.39, 0.29) is 23.4 Å². The lowest BCUT2D eigenvalue weighted by Crippen LogP contribution is -2.39. The molecule has 2 aromatic heterocycles. The van der Waals surface area contributed by atoms with E-state index in [1.807, 2.05) is 6.92 Å². The van der Waals surface area contributed by atoms with Gasteiger partial charge in [-0.2, -0.15) is 0 Å². The molecule has 0 bridgehead atoms. The molecular formula is C21H21N3O4. The summed E-state index contributed by atoms with van der Waals surface area (Å²) in [7, 11) is 0. The number of nitrogens with one attached hydrogen (secondary N) is 1. The minimum Gasteiger partial charge on any atom is -0.481 e. The maximum absolute atomic E-state index is 13.0. The van der Waals surface area contributed by atoms with Crippen LogP contribution in [0.15, 0.2) is 41.3 Å². The molecule has 0 spiro atoms. The molecule has 1 aliphatic carbocycles. The number of pyridine rings is 1. The molecule has 1 fully saturated rings. The van der Waals surface area contributed by atoms with E-state index < -0.39 is 5.97 Å². The molecule has 0 atom stereocenters. The Hall–Kier alpha value is -3.22. The summed E-state index contributed by atoms with van der Waals surface area (Å²) in [6.45, 7) is 1.83. The molecule has 0 radical (unpaired) electrons. The summed E-state index contributed by atoms with van der Waals surface area (Å²) in [6.07, 6.45) is 4.05. The largest absolute Gasteiger partial charge is 0.481 e. The number of rotatable bonds is 3. The van der Waals surface area contributed by atoms with E-state index in [4.69, 9.17) is 5.11 Å². The first-order chi connectivity index (χ1) is 13.4. The third-order valence-electron chi connectivity index (χ3n) is 5.41. The van der Waals surface area contributed by atoms with Gasteiger partial charge in [-0.15, -0.1) is 0 Å². The molecule has 144 valence electrons. The Morgan fingerprint density at radius 3 is 2.61 bits per heavy atom. The van der Waals surface area contributed by atoms with Gasteiger partial charge in [0.05, 0.1) is 22.4 Å². The lowest BCUT2D eigenvalue weighted by Gasteiger charge is -2.27. The van der Waals surface area contributed by atoms with E-state index in [2.05, 4.69) is 10.3 Å². The van der Waals surface area contributed by atoms with Crippen molar-refractivity contribution in [1.29, 1.82) is 0 Å². The molecule has 4 rings (SSSR count). The zero-order valence-corrected chi connectivity index (χ0v) is 15.5. The van der Waals surface area contributed by atoms with Gasteiger partial charge in [0.15, 0.2) is 5.65 Å². The highest BCUT2D eigenvalue weighted by atomic mass is 16.4. The molecular weight excluding hydrogens is 358 g/mol. The summed E-state index contributed by atoms with van der Waals surface area (Å²) < 4.78 is 1.42. The molecule has 28 heavy (non-hydrogen) atoms. The number of benzene rings is 1. The summed E-state index contributed by atoms with van der Waals surface area (Å²) in [6, 6.07) is 8.73. The Morgan fingerprint density at radius 1 is 1.18 bits per heavy atom. The first-order valence-electron chi connectivity index (χ1n) is 9.39. The van der Waals surface area contributed by atoms with Crippen molar-refractivity contribution in [1.82, 2.24) is 14.7 Å². The molecule has 7 heteroatoms. The van der Waals surface area contributed by atoms with Crippen LogP contribution in [0.2, 0.25) is 0 Å². The minimum atomic E-state index is -0.773. The standard InChI is InChI=1S/C21H21N3O4/c1-12-10-16(19(25)22-14-8-6-13(7-9-14)21(27)28)18-23-17-5-3-2-4-15(17)20(26)24(18)11-12/h2-5,10-11,13-14H,6-9H2,1H3,(H,22,25)(H,27,28)/t13-,14-. The lowest BCUT2D eigenvalue weighted by atomic mass is 9.86. The molecule has 1 aliphatic rings. The Kier molecular flexibility index (Phi) is 4.58. The average molecular weight is 379 g/mol. The van der Waals surface area contributed by atoms with Crippen LogP contribution in [0.4, 0.5) is 0 Å². The van der Waals surface area contributed by atoms with Crippen molar-refractivity contribution in [3.05, 3.63) is 58.0 Å². The first-order valence-corrected chi connectivity index (χ1v) is 9.39. The highest BCUT2D eigenvalue weighted by molar-refractivity contribution is 6.01. The number of carboxylic acid groups (broad SMARTS) is 1. The van der Waals surface area contributed by atoms with Crippen LogP contribution in [0.3, 0.4) is 0 Å². The fourth-order valence-corrected chi connectivity index (χ4v) is 3.90. The number of amides is 1. The number of fused-ring (bicyclic) bond motifs is 2. The molecule has 2 heterocycles. The number of aromatic nitrogens is 2. The average Bonchev–Trinajstić information content (AvgIpc) is 2.68. The van der Waals surface area contributed by atoms with Gasteiger partial charge in [-0.3, -0.25) is 18.8 Å². The highest BCUT2D eigenvalue weighted by Crippen LogP contribution is 2.25. The molecule has 0 unspecified atom stereocenters. The number of aliphatic carboxylic acids is 1. The third kappa shape index (κ3) is 3.24. The van der Waals surface area contributed by atoms with Gasteiger partial charge in [0.2, 0.25) is 0 Å². The van der Waals surface area contributed by atoms with Crippen molar-refractivity contribution < 1.29 is 14.7 Å². The molecule has 1 saturated carbocycles. The summed E-state index contributed by atoms with van der Waals surface area (Å²) >= 11 is 0. The number of para-hydroxylation sites is 1. The third-order valence-corrected chi connectivity index (χ3v) is 5.41. The van der Waals surface area contributed by atoms with Gasteiger partial charge in [-0.05, 0) is 56.4 Å². The molecule has 2 N–H and O–H groups in total. The van der Waals surface area contributed by atoms with Crippen LogP contribution >= 0.6 is 0 Å². The van der Waals surface area contributed by atoms with Crippen molar-refractivity contribution in [3.8, 4) is 0 Å². The number of hydrogen-bond donors (Lipinski definition) is 2. The monoisotopic (exact) mass is 379 g/mol. The highest BCUT2D eigenvalue weighted by Gasteiger charge is 2.27. The fourth-order valence-electron chi connectivity index (χ4n) is 3.90.